The maximum absolute atomic E-state index is 12.8. The zero-order valence-corrected chi connectivity index (χ0v) is 12.3. The Bertz CT molecular complexity index is 543. The summed E-state index contributed by atoms with van der Waals surface area (Å²) in [6.45, 7) is 7.68. The van der Waals surface area contributed by atoms with Crippen LogP contribution in [0.4, 0.5) is 0 Å². The minimum absolute atomic E-state index is 0.0161. The number of sulfonamides is 1. The van der Waals surface area contributed by atoms with Crippen LogP contribution in [0.15, 0.2) is 23.1 Å². The van der Waals surface area contributed by atoms with Crippen molar-refractivity contribution in [2.75, 3.05) is 0 Å². The minimum atomic E-state index is -3.36. The Balaban J connectivity index is 2.49. The summed E-state index contributed by atoms with van der Waals surface area (Å²) in [6, 6.07) is 5.83. The average molecular weight is 267 g/mol. The fourth-order valence-electron chi connectivity index (χ4n) is 2.32. The summed E-state index contributed by atoms with van der Waals surface area (Å²) in [4.78, 5) is 0.461. The number of benzene rings is 1. The molecule has 0 spiro atoms. The lowest BCUT2D eigenvalue weighted by Crippen LogP contribution is -2.39. The molecular weight excluding hydrogens is 246 g/mol. The molecule has 0 saturated heterocycles. The summed E-state index contributed by atoms with van der Waals surface area (Å²) in [5, 5.41) is 0. The van der Waals surface area contributed by atoms with Gasteiger partial charge in [0.2, 0.25) is 10.0 Å². The van der Waals surface area contributed by atoms with Crippen LogP contribution in [0.2, 0.25) is 0 Å². The topological polar surface area (TPSA) is 37.4 Å². The van der Waals surface area contributed by atoms with Crippen molar-refractivity contribution in [1.29, 1.82) is 0 Å². The molecule has 0 amide bonds. The van der Waals surface area contributed by atoms with Crippen molar-refractivity contribution in [3.05, 3.63) is 29.3 Å². The highest BCUT2D eigenvalue weighted by Gasteiger charge is 2.40. The lowest BCUT2D eigenvalue weighted by atomic mass is 10.2. The van der Waals surface area contributed by atoms with E-state index < -0.39 is 10.0 Å². The van der Waals surface area contributed by atoms with Crippen LogP contribution in [0.1, 0.15) is 37.8 Å². The number of hydrogen-bond acceptors (Lipinski definition) is 2. The third-order valence-corrected chi connectivity index (χ3v) is 5.59. The average Bonchev–Trinajstić information content (AvgIpc) is 3.05. The first-order chi connectivity index (χ1) is 8.34. The van der Waals surface area contributed by atoms with Crippen molar-refractivity contribution >= 4 is 10.0 Å². The molecule has 0 aliphatic heterocycles. The van der Waals surface area contributed by atoms with E-state index in [1.807, 2.05) is 39.8 Å². The summed E-state index contributed by atoms with van der Waals surface area (Å²) in [5.74, 6) is 0. The molecule has 0 N–H and O–H groups in total. The van der Waals surface area contributed by atoms with Gasteiger partial charge in [-0.25, -0.2) is 8.42 Å². The van der Waals surface area contributed by atoms with Gasteiger partial charge in [0, 0.05) is 12.1 Å². The molecule has 0 unspecified atom stereocenters. The van der Waals surface area contributed by atoms with Crippen molar-refractivity contribution in [3.8, 4) is 0 Å². The van der Waals surface area contributed by atoms with Gasteiger partial charge in [-0.05, 0) is 57.7 Å². The second-order valence-corrected chi connectivity index (χ2v) is 7.24. The molecule has 0 aromatic heterocycles. The zero-order chi connectivity index (χ0) is 13.5. The van der Waals surface area contributed by atoms with Gasteiger partial charge in [0.05, 0.1) is 4.90 Å². The van der Waals surface area contributed by atoms with E-state index in [9.17, 15) is 8.42 Å². The first-order valence-corrected chi connectivity index (χ1v) is 7.89. The summed E-state index contributed by atoms with van der Waals surface area (Å²) in [6.07, 6.45) is 1.98. The van der Waals surface area contributed by atoms with E-state index in [1.54, 1.807) is 10.4 Å². The van der Waals surface area contributed by atoms with Crippen molar-refractivity contribution in [1.82, 2.24) is 4.31 Å². The highest BCUT2D eigenvalue weighted by atomic mass is 32.2. The highest BCUT2D eigenvalue weighted by Crippen LogP contribution is 2.34. The van der Waals surface area contributed by atoms with Gasteiger partial charge in [-0.15, -0.1) is 0 Å². The molecule has 3 nitrogen and oxygen atoms in total. The molecule has 2 rings (SSSR count). The monoisotopic (exact) mass is 267 g/mol. The largest absolute Gasteiger partial charge is 0.243 e. The fourth-order valence-corrected chi connectivity index (χ4v) is 4.52. The quantitative estimate of drug-likeness (QED) is 0.841. The maximum Gasteiger partial charge on any atom is 0.243 e. The molecule has 1 aliphatic rings. The smallest absolute Gasteiger partial charge is 0.207 e. The first-order valence-electron chi connectivity index (χ1n) is 6.45. The molecule has 4 heteroatoms. The Morgan fingerprint density at radius 2 is 1.83 bits per heavy atom. The van der Waals surface area contributed by atoms with Gasteiger partial charge >= 0.3 is 0 Å². The van der Waals surface area contributed by atoms with Gasteiger partial charge in [0.1, 0.15) is 0 Å². The number of aryl methyl sites for hydroxylation is 2. The van der Waals surface area contributed by atoms with E-state index in [0.717, 1.165) is 24.0 Å². The number of rotatable bonds is 4. The SMILES string of the molecule is Cc1ccc(C)c(S(=O)(=O)N(C(C)C)C2CC2)c1. The van der Waals surface area contributed by atoms with E-state index in [-0.39, 0.29) is 12.1 Å². The lowest BCUT2D eigenvalue weighted by molar-refractivity contribution is 0.346. The molecule has 1 aromatic rings. The molecule has 1 aromatic carbocycles. The maximum atomic E-state index is 12.8. The Morgan fingerprint density at radius 1 is 1.22 bits per heavy atom. The van der Waals surface area contributed by atoms with Crippen molar-refractivity contribution in [2.24, 2.45) is 0 Å². The summed E-state index contributed by atoms with van der Waals surface area (Å²) in [5.41, 5.74) is 1.81. The third kappa shape index (κ3) is 2.45. The van der Waals surface area contributed by atoms with Crippen LogP contribution in [-0.2, 0) is 10.0 Å². The molecule has 18 heavy (non-hydrogen) atoms. The molecule has 1 fully saturated rings. The normalized spacial score (nSPS) is 16.6. The Labute approximate surface area is 110 Å². The van der Waals surface area contributed by atoms with E-state index in [1.165, 1.54) is 0 Å². The van der Waals surface area contributed by atoms with Crippen molar-refractivity contribution < 1.29 is 8.42 Å². The first kappa shape index (κ1) is 13.6. The van der Waals surface area contributed by atoms with Crippen LogP contribution in [-0.4, -0.2) is 24.8 Å². The fraction of sp³-hybridized carbons (Fsp3) is 0.571. The van der Waals surface area contributed by atoms with Crippen molar-refractivity contribution in [3.63, 3.8) is 0 Å². The molecular formula is C14H21NO2S. The third-order valence-electron chi connectivity index (χ3n) is 3.31. The van der Waals surface area contributed by atoms with Crippen LogP contribution in [0.5, 0.6) is 0 Å². The molecule has 1 saturated carbocycles. The van der Waals surface area contributed by atoms with Gasteiger partial charge in [-0.2, -0.15) is 4.31 Å². The molecule has 0 heterocycles. The van der Waals surface area contributed by atoms with Gasteiger partial charge in [0.25, 0.3) is 0 Å². The zero-order valence-electron chi connectivity index (χ0n) is 11.5. The van der Waals surface area contributed by atoms with E-state index in [0.29, 0.717) is 4.90 Å². The van der Waals surface area contributed by atoms with Gasteiger partial charge in [-0.1, -0.05) is 12.1 Å². The minimum Gasteiger partial charge on any atom is -0.207 e. The Morgan fingerprint density at radius 3 is 2.33 bits per heavy atom. The predicted molar refractivity (Wildman–Crippen MR) is 73.1 cm³/mol. The molecule has 1 aliphatic carbocycles. The Kier molecular flexibility index (Phi) is 3.52. The number of hydrogen-bond donors (Lipinski definition) is 0. The van der Waals surface area contributed by atoms with E-state index >= 15 is 0 Å². The van der Waals surface area contributed by atoms with Crippen LogP contribution in [0.3, 0.4) is 0 Å². The Hall–Kier alpha value is -0.870. The predicted octanol–water partition coefficient (Wildman–Crippen LogP) is 2.86. The van der Waals surface area contributed by atoms with E-state index in [4.69, 9.17) is 0 Å². The van der Waals surface area contributed by atoms with E-state index in [2.05, 4.69) is 0 Å². The van der Waals surface area contributed by atoms with Crippen LogP contribution in [0.25, 0.3) is 0 Å². The molecule has 0 radical (unpaired) electrons. The van der Waals surface area contributed by atoms with Crippen LogP contribution >= 0.6 is 0 Å². The van der Waals surface area contributed by atoms with Gasteiger partial charge in [0.15, 0.2) is 0 Å². The molecule has 0 bridgehead atoms. The highest BCUT2D eigenvalue weighted by molar-refractivity contribution is 7.89. The second-order valence-electron chi connectivity index (χ2n) is 5.43. The summed E-state index contributed by atoms with van der Waals surface area (Å²) in [7, 11) is -3.36. The lowest BCUT2D eigenvalue weighted by Gasteiger charge is -2.26. The van der Waals surface area contributed by atoms with Crippen molar-refractivity contribution in [2.45, 2.75) is 57.5 Å². The van der Waals surface area contributed by atoms with Gasteiger partial charge < -0.3 is 0 Å². The molecule has 100 valence electrons. The van der Waals surface area contributed by atoms with Crippen LogP contribution < -0.4 is 0 Å². The standard InChI is InChI=1S/C14H21NO2S/c1-10(2)15(13-7-8-13)18(16,17)14-9-11(3)5-6-12(14)4/h5-6,9-10,13H,7-8H2,1-4H3. The second kappa shape index (κ2) is 4.67. The van der Waals surface area contributed by atoms with Crippen LogP contribution in [0, 0.1) is 13.8 Å². The summed E-state index contributed by atoms with van der Waals surface area (Å²) < 4.78 is 27.2. The molecule has 0 atom stereocenters. The van der Waals surface area contributed by atoms with Gasteiger partial charge in [-0.3, -0.25) is 0 Å². The number of nitrogens with zero attached hydrogens (tertiary/aromatic N) is 1. The summed E-state index contributed by atoms with van der Waals surface area (Å²) >= 11 is 0.